The number of pyridine rings is 1. The summed E-state index contributed by atoms with van der Waals surface area (Å²) < 4.78 is 34.2. The standard InChI is InChI=1S/C23H26F2N2O4/c1-23(2,3)31-22(30)27-21-15(14-6-4-8-17(24)19(14)25)10-9-13(12-18(28)29)20-16(21)7-5-11-26-20/h4-8,11,13,15,21H,9-10,12H2,1-3H3,(H,27,30)(H,28,29). The van der Waals surface area contributed by atoms with Crippen LogP contribution in [0.2, 0.25) is 0 Å². The molecule has 1 amide bonds. The topological polar surface area (TPSA) is 88.5 Å². The molecule has 1 heterocycles. The first-order valence-corrected chi connectivity index (χ1v) is 10.2. The fourth-order valence-corrected chi connectivity index (χ4v) is 4.10. The van der Waals surface area contributed by atoms with Crippen LogP contribution in [0.1, 0.15) is 74.7 Å². The van der Waals surface area contributed by atoms with Crippen molar-refractivity contribution in [2.24, 2.45) is 0 Å². The molecular formula is C23H26F2N2O4. The van der Waals surface area contributed by atoms with Gasteiger partial charge >= 0.3 is 12.1 Å². The minimum absolute atomic E-state index is 0.117. The van der Waals surface area contributed by atoms with Crippen LogP contribution < -0.4 is 5.32 Å². The van der Waals surface area contributed by atoms with Gasteiger partial charge in [-0.1, -0.05) is 18.2 Å². The molecule has 0 spiro atoms. The number of nitrogens with zero attached hydrogens (tertiary/aromatic N) is 1. The molecule has 3 atom stereocenters. The summed E-state index contributed by atoms with van der Waals surface area (Å²) in [5.74, 6) is -3.99. The molecule has 8 heteroatoms. The molecule has 166 valence electrons. The Morgan fingerprint density at radius 2 is 1.87 bits per heavy atom. The van der Waals surface area contributed by atoms with E-state index in [0.717, 1.165) is 6.07 Å². The first-order valence-electron chi connectivity index (χ1n) is 10.2. The molecule has 1 aliphatic rings. The number of benzene rings is 1. The molecule has 1 aromatic heterocycles. The number of carboxylic acids is 1. The molecule has 0 saturated carbocycles. The van der Waals surface area contributed by atoms with Crippen molar-refractivity contribution in [3.8, 4) is 0 Å². The van der Waals surface area contributed by atoms with Gasteiger partial charge in [0, 0.05) is 23.7 Å². The van der Waals surface area contributed by atoms with E-state index in [1.165, 1.54) is 12.1 Å². The fourth-order valence-electron chi connectivity index (χ4n) is 4.10. The number of ether oxygens (including phenoxy) is 1. The number of carboxylic acid groups (broad SMARTS) is 1. The van der Waals surface area contributed by atoms with Crippen molar-refractivity contribution >= 4 is 12.1 Å². The molecule has 1 aromatic carbocycles. The number of amides is 1. The highest BCUT2D eigenvalue weighted by molar-refractivity contribution is 5.69. The lowest BCUT2D eigenvalue weighted by Crippen LogP contribution is -2.37. The maximum Gasteiger partial charge on any atom is 0.408 e. The van der Waals surface area contributed by atoms with Crippen molar-refractivity contribution in [2.75, 3.05) is 0 Å². The van der Waals surface area contributed by atoms with Crippen molar-refractivity contribution in [3.63, 3.8) is 0 Å². The zero-order valence-electron chi connectivity index (χ0n) is 17.7. The second kappa shape index (κ2) is 8.99. The Balaban J connectivity index is 2.10. The predicted octanol–water partition coefficient (Wildman–Crippen LogP) is 5.06. The molecule has 6 nitrogen and oxygen atoms in total. The van der Waals surface area contributed by atoms with Crippen LogP contribution in [-0.4, -0.2) is 27.8 Å². The summed E-state index contributed by atoms with van der Waals surface area (Å²) in [6.07, 6.45) is 1.42. The van der Waals surface area contributed by atoms with E-state index in [1.807, 2.05) is 0 Å². The number of hydrogen-bond donors (Lipinski definition) is 2. The Bertz CT molecular complexity index is 974. The van der Waals surface area contributed by atoms with E-state index < -0.39 is 47.2 Å². The lowest BCUT2D eigenvalue weighted by Gasteiger charge is -2.29. The molecule has 0 bridgehead atoms. The second-order valence-corrected chi connectivity index (χ2v) is 8.72. The van der Waals surface area contributed by atoms with E-state index >= 15 is 0 Å². The summed E-state index contributed by atoms with van der Waals surface area (Å²) in [4.78, 5) is 28.4. The summed E-state index contributed by atoms with van der Waals surface area (Å²) >= 11 is 0. The van der Waals surface area contributed by atoms with Crippen molar-refractivity contribution < 1.29 is 28.2 Å². The van der Waals surface area contributed by atoms with Crippen molar-refractivity contribution in [3.05, 3.63) is 65.0 Å². The summed E-state index contributed by atoms with van der Waals surface area (Å²) in [6, 6.07) is 6.57. The average molecular weight is 432 g/mol. The van der Waals surface area contributed by atoms with Crippen molar-refractivity contribution in [1.29, 1.82) is 0 Å². The first kappa shape index (κ1) is 22.7. The fraction of sp³-hybridized carbons (Fsp3) is 0.435. The van der Waals surface area contributed by atoms with E-state index in [1.54, 1.807) is 39.1 Å². The van der Waals surface area contributed by atoms with Gasteiger partial charge in [-0.3, -0.25) is 9.78 Å². The van der Waals surface area contributed by atoms with Gasteiger partial charge in [0.15, 0.2) is 11.6 Å². The van der Waals surface area contributed by atoms with E-state index in [0.29, 0.717) is 24.1 Å². The lowest BCUT2D eigenvalue weighted by atomic mass is 9.85. The van der Waals surface area contributed by atoms with Crippen LogP contribution in [0.5, 0.6) is 0 Å². The van der Waals surface area contributed by atoms with Gasteiger partial charge in [0.05, 0.1) is 12.5 Å². The molecular weight excluding hydrogens is 406 g/mol. The van der Waals surface area contributed by atoms with Crippen LogP contribution in [0, 0.1) is 11.6 Å². The van der Waals surface area contributed by atoms with Gasteiger partial charge in [0.25, 0.3) is 0 Å². The van der Waals surface area contributed by atoms with Crippen molar-refractivity contribution in [1.82, 2.24) is 10.3 Å². The Kier molecular flexibility index (Phi) is 6.57. The van der Waals surface area contributed by atoms with Crippen LogP contribution in [0.15, 0.2) is 36.5 Å². The third-order valence-electron chi connectivity index (χ3n) is 5.30. The van der Waals surface area contributed by atoms with Crippen LogP contribution >= 0.6 is 0 Å². The number of alkyl carbamates (subject to hydrolysis) is 1. The summed E-state index contributed by atoms with van der Waals surface area (Å²) in [5, 5.41) is 12.2. The van der Waals surface area contributed by atoms with Crippen LogP contribution in [0.3, 0.4) is 0 Å². The Morgan fingerprint density at radius 1 is 1.16 bits per heavy atom. The van der Waals surface area contributed by atoms with E-state index in [4.69, 9.17) is 4.74 Å². The number of carbonyl (C=O) groups is 2. The number of nitrogens with one attached hydrogen (secondary N) is 1. The molecule has 31 heavy (non-hydrogen) atoms. The Hall–Kier alpha value is -3.03. The van der Waals surface area contributed by atoms with Gasteiger partial charge in [-0.15, -0.1) is 0 Å². The number of hydrogen-bond acceptors (Lipinski definition) is 4. The maximum atomic E-state index is 14.8. The van der Waals surface area contributed by atoms with Gasteiger partial charge in [-0.25, -0.2) is 13.6 Å². The van der Waals surface area contributed by atoms with Gasteiger partial charge in [-0.05, 0) is 56.9 Å². The number of aromatic nitrogens is 1. The average Bonchev–Trinajstić information content (AvgIpc) is 2.80. The van der Waals surface area contributed by atoms with Gasteiger partial charge in [0.1, 0.15) is 5.60 Å². The molecule has 3 unspecified atom stereocenters. The highest BCUT2D eigenvalue weighted by Gasteiger charge is 2.37. The molecule has 1 aliphatic carbocycles. The molecule has 0 aliphatic heterocycles. The minimum Gasteiger partial charge on any atom is -0.481 e. The number of fused-ring (bicyclic) bond motifs is 1. The van der Waals surface area contributed by atoms with Crippen LogP contribution in [0.4, 0.5) is 13.6 Å². The minimum atomic E-state index is -0.981. The number of carbonyl (C=O) groups excluding carboxylic acids is 1. The van der Waals surface area contributed by atoms with Gasteiger partial charge in [0.2, 0.25) is 0 Å². The summed E-state index contributed by atoms with van der Waals surface area (Å²) in [6.45, 7) is 5.17. The monoisotopic (exact) mass is 432 g/mol. The molecule has 0 saturated heterocycles. The summed E-state index contributed by atoms with van der Waals surface area (Å²) in [7, 11) is 0. The SMILES string of the molecule is CC(C)(C)OC(=O)NC1c2cccnc2C(CC(=O)O)CCC1c1cccc(F)c1F. The Labute approximate surface area is 179 Å². The lowest BCUT2D eigenvalue weighted by molar-refractivity contribution is -0.137. The molecule has 3 rings (SSSR count). The molecule has 0 fully saturated rings. The summed E-state index contributed by atoms with van der Waals surface area (Å²) in [5.41, 5.74) is 0.473. The van der Waals surface area contributed by atoms with E-state index in [-0.39, 0.29) is 12.0 Å². The van der Waals surface area contributed by atoms with Crippen LogP contribution in [0.25, 0.3) is 0 Å². The van der Waals surface area contributed by atoms with E-state index in [2.05, 4.69) is 10.3 Å². The normalized spacial score (nSPS) is 21.0. The quantitative estimate of drug-likeness (QED) is 0.659. The maximum absolute atomic E-state index is 14.8. The van der Waals surface area contributed by atoms with Gasteiger partial charge < -0.3 is 15.2 Å². The zero-order chi connectivity index (χ0) is 22.8. The third-order valence-corrected chi connectivity index (χ3v) is 5.30. The number of aliphatic carboxylic acids is 1. The first-order chi connectivity index (χ1) is 14.6. The van der Waals surface area contributed by atoms with Gasteiger partial charge in [-0.2, -0.15) is 0 Å². The number of halogens is 2. The molecule has 0 radical (unpaired) electrons. The Morgan fingerprint density at radius 3 is 2.55 bits per heavy atom. The second-order valence-electron chi connectivity index (χ2n) is 8.72. The largest absolute Gasteiger partial charge is 0.481 e. The highest BCUT2D eigenvalue weighted by Crippen LogP contribution is 2.45. The molecule has 2 N–H and O–H groups in total. The van der Waals surface area contributed by atoms with E-state index in [9.17, 15) is 23.5 Å². The smallest absolute Gasteiger partial charge is 0.408 e. The highest BCUT2D eigenvalue weighted by atomic mass is 19.2. The predicted molar refractivity (Wildman–Crippen MR) is 110 cm³/mol. The third kappa shape index (κ3) is 5.37. The van der Waals surface area contributed by atoms with Crippen LogP contribution in [-0.2, 0) is 9.53 Å². The zero-order valence-corrected chi connectivity index (χ0v) is 17.7. The van der Waals surface area contributed by atoms with Crippen molar-refractivity contribution in [2.45, 2.75) is 63.5 Å². The number of rotatable bonds is 4. The molecule has 2 aromatic rings.